The van der Waals surface area contributed by atoms with Gasteiger partial charge in [0.15, 0.2) is 5.82 Å². The molecule has 1 aromatic heterocycles. The Kier molecular flexibility index (Phi) is 8.15. The van der Waals surface area contributed by atoms with E-state index in [2.05, 4.69) is 15.3 Å². The molecule has 7 rings (SSSR count). The predicted molar refractivity (Wildman–Crippen MR) is 167 cm³/mol. The lowest BCUT2D eigenvalue weighted by atomic mass is 9.91. The third-order valence-corrected chi connectivity index (χ3v) is 10.1. The first-order valence-electron chi connectivity index (χ1n) is 16.2. The van der Waals surface area contributed by atoms with E-state index in [1.54, 1.807) is 30.0 Å². The van der Waals surface area contributed by atoms with Crippen LogP contribution in [0.2, 0.25) is 0 Å². The Hall–Kier alpha value is -3.73. The molecule has 6 nitrogen and oxygen atoms in total. The van der Waals surface area contributed by atoms with E-state index in [0.717, 1.165) is 12.8 Å². The number of piperidine rings is 1. The van der Waals surface area contributed by atoms with Crippen LogP contribution in [0.3, 0.4) is 0 Å². The lowest BCUT2D eigenvalue weighted by Gasteiger charge is -2.38. The van der Waals surface area contributed by atoms with Crippen LogP contribution in [0.5, 0.6) is 11.8 Å². The quantitative estimate of drug-likeness (QED) is 0.212. The van der Waals surface area contributed by atoms with Crippen LogP contribution in [0.1, 0.15) is 44.6 Å². The van der Waals surface area contributed by atoms with Crippen LogP contribution in [-0.2, 0) is 6.42 Å². The summed E-state index contributed by atoms with van der Waals surface area (Å²) in [6, 6.07) is 8.88. The van der Waals surface area contributed by atoms with E-state index in [0.29, 0.717) is 65.3 Å². The molecule has 4 atom stereocenters. The van der Waals surface area contributed by atoms with Crippen molar-refractivity contribution >= 4 is 27.5 Å². The largest absolute Gasteiger partial charge is 0.508 e. The number of alkyl halides is 3. The van der Waals surface area contributed by atoms with Crippen molar-refractivity contribution in [2.45, 2.75) is 57.5 Å². The standard InChI is InChI=1S/C35H37F5N4O2/c1-2-25-29(37)10-5-20-13-24(45)14-28(30(20)25)26-8-9-27-32(31(26)38)42-34(46-18-19-4-3-11-41-15-23(36)12-19)43-33(27)44-16-21-6-7-22(17-44)35(21,39)40/h5,8-10,13-14,19,21-23,41,45H,2-4,6-7,11-12,15-18H2,1H3/t19-,21?,22?,23-/m1/s1. The fraction of sp³-hybridized carbons (Fsp3) is 0.486. The minimum atomic E-state index is -2.77. The summed E-state index contributed by atoms with van der Waals surface area (Å²) in [6.45, 7) is 3.04. The van der Waals surface area contributed by atoms with Gasteiger partial charge in [-0.3, -0.25) is 0 Å². The Morgan fingerprint density at radius 1 is 1.02 bits per heavy atom. The van der Waals surface area contributed by atoms with Gasteiger partial charge in [-0.2, -0.15) is 9.97 Å². The topological polar surface area (TPSA) is 70.5 Å². The average Bonchev–Trinajstić information content (AvgIpc) is 3.16. The van der Waals surface area contributed by atoms with Gasteiger partial charge in [0.25, 0.3) is 5.92 Å². The summed E-state index contributed by atoms with van der Waals surface area (Å²) in [5.74, 6) is -5.49. The van der Waals surface area contributed by atoms with Crippen molar-refractivity contribution in [3.05, 3.63) is 53.6 Å². The van der Waals surface area contributed by atoms with Gasteiger partial charge in [-0.25, -0.2) is 22.0 Å². The number of aromatic nitrogens is 2. The van der Waals surface area contributed by atoms with Crippen molar-refractivity contribution in [2.75, 3.05) is 37.7 Å². The Bertz CT molecular complexity index is 1770. The van der Waals surface area contributed by atoms with Gasteiger partial charge in [0.2, 0.25) is 0 Å². The van der Waals surface area contributed by atoms with Gasteiger partial charge in [-0.1, -0.05) is 19.1 Å². The van der Waals surface area contributed by atoms with Gasteiger partial charge in [0.1, 0.15) is 29.1 Å². The first kappa shape index (κ1) is 30.9. The van der Waals surface area contributed by atoms with E-state index in [1.165, 1.54) is 18.2 Å². The second-order valence-electron chi connectivity index (χ2n) is 13.0. The molecule has 11 heteroatoms. The number of rotatable bonds is 6. The summed E-state index contributed by atoms with van der Waals surface area (Å²) in [6.07, 6.45) is 2.02. The molecule has 46 heavy (non-hydrogen) atoms. The maximum atomic E-state index is 16.8. The van der Waals surface area contributed by atoms with Crippen molar-refractivity contribution < 1.29 is 31.8 Å². The fourth-order valence-corrected chi connectivity index (χ4v) is 7.70. The van der Waals surface area contributed by atoms with Gasteiger partial charge in [0, 0.05) is 42.4 Å². The summed E-state index contributed by atoms with van der Waals surface area (Å²) in [7, 11) is 0. The summed E-state index contributed by atoms with van der Waals surface area (Å²) >= 11 is 0. The number of aryl methyl sites for hydroxylation is 1. The van der Waals surface area contributed by atoms with Crippen molar-refractivity contribution in [1.29, 1.82) is 0 Å². The molecule has 2 saturated heterocycles. The summed E-state index contributed by atoms with van der Waals surface area (Å²) < 4.78 is 82.0. The van der Waals surface area contributed by atoms with Crippen LogP contribution in [0, 0.1) is 29.4 Å². The normalized spacial score (nSPS) is 24.7. The van der Waals surface area contributed by atoms with Crippen LogP contribution in [0.15, 0.2) is 36.4 Å². The Balaban J connectivity index is 1.34. The molecule has 3 aliphatic rings. The van der Waals surface area contributed by atoms with E-state index >= 15 is 4.39 Å². The number of phenolic OH excluding ortho intramolecular Hbond substituents is 1. The Morgan fingerprint density at radius 2 is 1.80 bits per heavy atom. The monoisotopic (exact) mass is 640 g/mol. The van der Waals surface area contributed by atoms with Gasteiger partial charge < -0.3 is 20.1 Å². The van der Waals surface area contributed by atoms with Crippen LogP contribution in [-0.4, -0.2) is 60.0 Å². The number of fused-ring (bicyclic) bond motifs is 4. The zero-order valence-electron chi connectivity index (χ0n) is 25.6. The minimum absolute atomic E-state index is 0.0634. The van der Waals surface area contributed by atoms with E-state index in [9.17, 15) is 22.7 Å². The van der Waals surface area contributed by atoms with Crippen molar-refractivity contribution in [3.8, 4) is 22.9 Å². The first-order chi connectivity index (χ1) is 22.1. The average molecular weight is 641 g/mol. The van der Waals surface area contributed by atoms with E-state index in [1.807, 2.05) is 0 Å². The van der Waals surface area contributed by atoms with Crippen molar-refractivity contribution in [1.82, 2.24) is 15.3 Å². The molecule has 3 heterocycles. The number of phenols is 1. The fourth-order valence-electron chi connectivity index (χ4n) is 7.70. The van der Waals surface area contributed by atoms with E-state index < -0.39 is 35.6 Å². The summed E-state index contributed by atoms with van der Waals surface area (Å²) in [5.41, 5.74) is 0.728. The van der Waals surface area contributed by atoms with Crippen molar-refractivity contribution in [3.63, 3.8) is 0 Å². The predicted octanol–water partition coefficient (Wildman–Crippen LogP) is 7.58. The molecule has 2 N–H and O–H groups in total. The summed E-state index contributed by atoms with van der Waals surface area (Å²) in [5, 5.41) is 15.0. The lowest BCUT2D eigenvalue weighted by molar-refractivity contribution is -0.0830. The molecule has 2 bridgehead atoms. The van der Waals surface area contributed by atoms with Crippen LogP contribution < -0.4 is 15.0 Å². The molecule has 244 valence electrons. The molecule has 2 aliphatic heterocycles. The molecular weight excluding hydrogens is 603 g/mol. The number of hydrogen-bond acceptors (Lipinski definition) is 6. The van der Waals surface area contributed by atoms with Gasteiger partial charge in [-0.15, -0.1) is 0 Å². The zero-order valence-corrected chi connectivity index (χ0v) is 25.6. The highest BCUT2D eigenvalue weighted by Crippen LogP contribution is 2.50. The highest BCUT2D eigenvalue weighted by Gasteiger charge is 2.56. The maximum absolute atomic E-state index is 16.8. The van der Waals surface area contributed by atoms with Gasteiger partial charge in [0.05, 0.1) is 6.61 Å². The molecule has 0 radical (unpaired) electrons. The third kappa shape index (κ3) is 5.50. The second kappa shape index (κ2) is 12.1. The number of nitrogens with zero attached hydrogens (tertiary/aromatic N) is 3. The Morgan fingerprint density at radius 3 is 2.57 bits per heavy atom. The first-order valence-corrected chi connectivity index (χ1v) is 16.2. The number of ether oxygens (including phenoxy) is 1. The number of anilines is 1. The number of hydrogen-bond donors (Lipinski definition) is 2. The molecule has 3 fully saturated rings. The SMILES string of the molecule is CCc1c(F)ccc2cc(O)cc(-c3ccc4c(N5CC6CCC(C5)C6(F)F)nc(OC[C@@H]5CCCNC[C@H](F)C5)nc4c3F)c12. The highest BCUT2D eigenvalue weighted by molar-refractivity contribution is 6.03. The van der Waals surface area contributed by atoms with Gasteiger partial charge >= 0.3 is 6.01 Å². The molecule has 2 unspecified atom stereocenters. The molecule has 0 spiro atoms. The Labute approximate surface area is 264 Å². The van der Waals surface area contributed by atoms with Gasteiger partial charge in [-0.05, 0) is 97.2 Å². The zero-order chi connectivity index (χ0) is 32.2. The number of nitrogens with one attached hydrogen (secondary N) is 1. The van der Waals surface area contributed by atoms with E-state index in [-0.39, 0.29) is 55.0 Å². The number of aromatic hydroxyl groups is 1. The highest BCUT2D eigenvalue weighted by atomic mass is 19.3. The number of benzene rings is 3. The van der Waals surface area contributed by atoms with Crippen molar-refractivity contribution in [2.24, 2.45) is 17.8 Å². The molecular formula is C35H37F5N4O2. The number of halogens is 5. The van der Waals surface area contributed by atoms with Crippen LogP contribution >= 0.6 is 0 Å². The van der Waals surface area contributed by atoms with Crippen LogP contribution in [0.25, 0.3) is 32.8 Å². The molecule has 1 aliphatic carbocycles. The smallest absolute Gasteiger partial charge is 0.319 e. The third-order valence-electron chi connectivity index (χ3n) is 10.1. The lowest BCUT2D eigenvalue weighted by Crippen LogP contribution is -2.49. The molecule has 1 saturated carbocycles. The minimum Gasteiger partial charge on any atom is -0.508 e. The van der Waals surface area contributed by atoms with E-state index in [4.69, 9.17) is 4.74 Å². The summed E-state index contributed by atoms with van der Waals surface area (Å²) in [4.78, 5) is 10.9. The maximum Gasteiger partial charge on any atom is 0.319 e. The second-order valence-corrected chi connectivity index (χ2v) is 13.0. The van der Waals surface area contributed by atoms with Crippen LogP contribution in [0.4, 0.5) is 27.8 Å². The molecule has 3 aromatic carbocycles. The molecule has 0 amide bonds. The molecule has 4 aromatic rings.